The molecule has 7 heteroatoms. The second-order valence-corrected chi connectivity index (χ2v) is 4.42. The van der Waals surface area contributed by atoms with Crippen LogP contribution in [0.2, 0.25) is 0 Å². The number of alkyl halides is 2. The van der Waals surface area contributed by atoms with Crippen LogP contribution in [0, 0.1) is 0 Å². The highest BCUT2D eigenvalue weighted by atomic mass is 19.3. The summed E-state index contributed by atoms with van der Waals surface area (Å²) >= 11 is 0. The first-order valence-corrected chi connectivity index (χ1v) is 6.39. The molecule has 21 heavy (non-hydrogen) atoms. The fraction of sp³-hybridized carbons (Fsp3) is 0.357. The number of methoxy groups -OCH3 is 1. The van der Waals surface area contributed by atoms with E-state index in [0.717, 1.165) is 11.4 Å². The van der Waals surface area contributed by atoms with Gasteiger partial charge in [0.05, 0.1) is 13.7 Å². The summed E-state index contributed by atoms with van der Waals surface area (Å²) in [6.45, 7) is -1.79. The van der Waals surface area contributed by atoms with E-state index < -0.39 is 6.61 Å². The number of aromatic nitrogens is 2. The van der Waals surface area contributed by atoms with Gasteiger partial charge in [0, 0.05) is 26.0 Å². The van der Waals surface area contributed by atoms with Gasteiger partial charge < -0.3 is 19.4 Å². The molecule has 0 aliphatic rings. The Kier molecular flexibility index (Phi) is 5.10. The topological polar surface area (TPSA) is 48.3 Å². The molecule has 1 aromatic heterocycles. The van der Waals surface area contributed by atoms with Crippen molar-refractivity contribution in [3.63, 3.8) is 0 Å². The minimum atomic E-state index is -2.88. The van der Waals surface area contributed by atoms with Gasteiger partial charge in [-0.05, 0) is 17.7 Å². The van der Waals surface area contributed by atoms with Crippen LogP contribution in [0.1, 0.15) is 11.4 Å². The lowest BCUT2D eigenvalue weighted by Gasteiger charge is -2.12. The van der Waals surface area contributed by atoms with Crippen LogP contribution in [-0.2, 0) is 20.1 Å². The molecule has 2 rings (SSSR count). The van der Waals surface area contributed by atoms with Crippen LogP contribution in [0.3, 0.4) is 0 Å². The van der Waals surface area contributed by atoms with Gasteiger partial charge in [0.15, 0.2) is 11.5 Å². The van der Waals surface area contributed by atoms with E-state index in [1.165, 1.54) is 13.2 Å². The normalized spacial score (nSPS) is 10.9. The molecule has 1 aromatic carbocycles. The van der Waals surface area contributed by atoms with E-state index in [1.807, 2.05) is 17.8 Å². The number of aryl methyl sites for hydroxylation is 1. The Labute approximate surface area is 121 Å². The maximum absolute atomic E-state index is 12.3. The second kappa shape index (κ2) is 7.03. The molecule has 114 valence electrons. The van der Waals surface area contributed by atoms with Crippen molar-refractivity contribution in [2.24, 2.45) is 7.05 Å². The molecule has 0 amide bonds. The Morgan fingerprint density at radius 2 is 2.10 bits per heavy atom. The number of hydrogen-bond acceptors (Lipinski definition) is 4. The maximum atomic E-state index is 12.3. The first kappa shape index (κ1) is 15.2. The molecular weight excluding hydrogens is 280 g/mol. The first-order valence-electron chi connectivity index (χ1n) is 6.39. The minimum absolute atomic E-state index is 0.0313. The number of nitrogens with one attached hydrogen (secondary N) is 1. The molecular formula is C14H17F2N3O2. The van der Waals surface area contributed by atoms with Crippen molar-refractivity contribution in [1.82, 2.24) is 14.9 Å². The van der Waals surface area contributed by atoms with Crippen molar-refractivity contribution < 1.29 is 18.3 Å². The second-order valence-electron chi connectivity index (χ2n) is 4.42. The van der Waals surface area contributed by atoms with Crippen molar-refractivity contribution in [3.8, 4) is 11.5 Å². The lowest BCUT2D eigenvalue weighted by Crippen LogP contribution is -2.16. The number of benzene rings is 1. The third kappa shape index (κ3) is 4.16. The lowest BCUT2D eigenvalue weighted by molar-refractivity contribution is -0.0512. The Morgan fingerprint density at radius 1 is 1.29 bits per heavy atom. The monoisotopic (exact) mass is 297 g/mol. The van der Waals surface area contributed by atoms with E-state index in [1.54, 1.807) is 18.3 Å². The molecule has 0 unspecified atom stereocenters. The lowest BCUT2D eigenvalue weighted by atomic mass is 10.2. The Morgan fingerprint density at radius 3 is 2.71 bits per heavy atom. The summed E-state index contributed by atoms with van der Waals surface area (Å²) in [6.07, 6.45) is 3.58. The van der Waals surface area contributed by atoms with E-state index in [0.29, 0.717) is 13.1 Å². The van der Waals surface area contributed by atoms with E-state index in [4.69, 9.17) is 4.74 Å². The van der Waals surface area contributed by atoms with Crippen LogP contribution in [-0.4, -0.2) is 23.3 Å². The molecule has 2 aromatic rings. The van der Waals surface area contributed by atoms with Crippen molar-refractivity contribution in [1.29, 1.82) is 0 Å². The summed E-state index contributed by atoms with van der Waals surface area (Å²) in [6, 6.07) is 4.94. The van der Waals surface area contributed by atoms with Gasteiger partial charge in [-0.1, -0.05) is 6.07 Å². The SMILES string of the molecule is COc1ccc(CNCc2nccn2C)cc1OC(F)F. The van der Waals surface area contributed by atoms with Gasteiger partial charge in [-0.3, -0.25) is 0 Å². The van der Waals surface area contributed by atoms with Crippen LogP contribution >= 0.6 is 0 Å². The van der Waals surface area contributed by atoms with E-state index in [-0.39, 0.29) is 11.5 Å². The summed E-state index contributed by atoms with van der Waals surface area (Å²) in [4.78, 5) is 4.19. The average molecular weight is 297 g/mol. The van der Waals surface area contributed by atoms with Gasteiger partial charge in [-0.15, -0.1) is 0 Å². The summed E-state index contributed by atoms with van der Waals surface area (Å²) in [5, 5.41) is 3.20. The Bertz CT molecular complexity index is 587. The Balaban J connectivity index is 1.98. The van der Waals surface area contributed by atoms with E-state index in [9.17, 15) is 8.78 Å². The zero-order valence-corrected chi connectivity index (χ0v) is 11.8. The number of rotatable bonds is 7. The number of halogens is 2. The predicted molar refractivity (Wildman–Crippen MR) is 73.4 cm³/mol. The third-order valence-corrected chi connectivity index (χ3v) is 2.98. The molecule has 0 saturated heterocycles. The fourth-order valence-electron chi connectivity index (χ4n) is 1.90. The highest BCUT2D eigenvalue weighted by Crippen LogP contribution is 2.29. The van der Waals surface area contributed by atoms with Gasteiger partial charge in [0.25, 0.3) is 0 Å². The van der Waals surface area contributed by atoms with Gasteiger partial charge in [0.2, 0.25) is 0 Å². The molecule has 0 fully saturated rings. The smallest absolute Gasteiger partial charge is 0.387 e. The maximum Gasteiger partial charge on any atom is 0.387 e. The number of nitrogens with zero attached hydrogens (tertiary/aromatic N) is 2. The molecule has 0 atom stereocenters. The third-order valence-electron chi connectivity index (χ3n) is 2.98. The highest BCUT2D eigenvalue weighted by Gasteiger charge is 2.11. The van der Waals surface area contributed by atoms with Crippen molar-refractivity contribution in [2.45, 2.75) is 19.7 Å². The zero-order chi connectivity index (χ0) is 15.2. The highest BCUT2D eigenvalue weighted by molar-refractivity contribution is 5.42. The van der Waals surface area contributed by atoms with Crippen LogP contribution in [0.5, 0.6) is 11.5 Å². The molecule has 0 radical (unpaired) electrons. The summed E-state index contributed by atoms with van der Waals surface area (Å²) in [5.74, 6) is 1.21. The Hall–Kier alpha value is -2.15. The fourth-order valence-corrected chi connectivity index (χ4v) is 1.90. The van der Waals surface area contributed by atoms with Crippen LogP contribution < -0.4 is 14.8 Å². The van der Waals surface area contributed by atoms with E-state index >= 15 is 0 Å². The van der Waals surface area contributed by atoms with Gasteiger partial charge in [-0.2, -0.15) is 8.78 Å². The molecule has 0 spiro atoms. The minimum Gasteiger partial charge on any atom is -0.493 e. The molecule has 0 aliphatic heterocycles. The number of ether oxygens (including phenoxy) is 2. The molecule has 0 aliphatic carbocycles. The van der Waals surface area contributed by atoms with Crippen molar-refractivity contribution in [2.75, 3.05) is 7.11 Å². The van der Waals surface area contributed by atoms with Gasteiger partial charge in [0.1, 0.15) is 5.82 Å². The average Bonchev–Trinajstić information content (AvgIpc) is 2.84. The van der Waals surface area contributed by atoms with Crippen molar-refractivity contribution >= 4 is 0 Å². The molecule has 0 saturated carbocycles. The largest absolute Gasteiger partial charge is 0.493 e. The number of hydrogen-bond donors (Lipinski definition) is 1. The first-order chi connectivity index (χ1) is 10.1. The predicted octanol–water partition coefficient (Wildman–Crippen LogP) is 2.32. The summed E-state index contributed by atoms with van der Waals surface area (Å²) in [5.41, 5.74) is 0.820. The zero-order valence-electron chi connectivity index (χ0n) is 11.8. The van der Waals surface area contributed by atoms with Gasteiger partial charge in [-0.25, -0.2) is 4.98 Å². The summed E-state index contributed by atoms with van der Waals surface area (Å²) in [7, 11) is 3.32. The quantitative estimate of drug-likeness (QED) is 0.852. The molecule has 0 bridgehead atoms. The molecule has 5 nitrogen and oxygen atoms in total. The molecule has 1 heterocycles. The molecule has 1 N–H and O–H groups in total. The van der Waals surface area contributed by atoms with Gasteiger partial charge >= 0.3 is 6.61 Å². The standard InChI is InChI=1S/C14H17F2N3O2/c1-19-6-5-18-13(19)9-17-8-10-3-4-11(20-2)12(7-10)21-14(15)16/h3-7,14,17H,8-9H2,1-2H3. The summed E-state index contributed by atoms with van der Waals surface area (Å²) < 4.78 is 36.0. The van der Waals surface area contributed by atoms with E-state index in [2.05, 4.69) is 15.0 Å². The van der Waals surface area contributed by atoms with Crippen LogP contribution in [0.15, 0.2) is 30.6 Å². The van der Waals surface area contributed by atoms with Crippen LogP contribution in [0.4, 0.5) is 8.78 Å². The van der Waals surface area contributed by atoms with Crippen molar-refractivity contribution in [3.05, 3.63) is 42.0 Å². The number of imidazole rings is 1. The van der Waals surface area contributed by atoms with Crippen LogP contribution in [0.25, 0.3) is 0 Å².